The number of likely N-dealkylation sites (tertiary alicyclic amines) is 1. The number of rotatable bonds is 7. The summed E-state index contributed by atoms with van der Waals surface area (Å²) in [4.78, 5) is 23.4. The number of hydrogen-bond donors (Lipinski definition) is 2. The molecule has 2 aliphatic rings. The molecule has 2 fully saturated rings. The molecule has 180 valence electrons. The number of piperazine rings is 1. The number of guanidine groups is 1. The largest absolute Gasteiger partial charge is 0.369 e. The van der Waals surface area contributed by atoms with E-state index in [1.807, 2.05) is 36.9 Å². The molecule has 0 aliphatic carbocycles. The normalized spacial score (nSPS) is 19.8. The van der Waals surface area contributed by atoms with Crippen molar-refractivity contribution >= 4 is 53.1 Å². The quantitative estimate of drug-likeness (QED) is 0.226. The first-order chi connectivity index (χ1) is 15.0. The number of carbonyl (C=O) groups excluding carboxylic acids is 1. The molecule has 2 heterocycles. The zero-order valence-corrected chi connectivity index (χ0v) is 22.6. The predicted octanol–water partition coefficient (Wildman–Crippen LogP) is 2.89. The van der Waals surface area contributed by atoms with Crippen molar-refractivity contribution in [1.29, 1.82) is 0 Å². The SMILES string of the molecule is CN=C(NCCCN1CCN(c2cccc(Cl)c2)CC1)NC1CCN(C(=O)C(C)C)C1.I. The van der Waals surface area contributed by atoms with E-state index in [9.17, 15) is 4.79 Å². The van der Waals surface area contributed by atoms with Crippen LogP contribution in [-0.4, -0.2) is 87.1 Å². The van der Waals surface area contributed by atoms with Gasteiger partial charge in [-0.15, -0.1) is 24.0 Å². The minimum absolute atomic E-state index is 0. The Hall–Kier alpha value is -1.26. The van der Waals surface area contributed by atoms with Crippen molar-refractivity contribution in [3.63, 3.8) is 0 Å². The van der Waals surface area contributed by atoms with Gasteiger partial charge in [0.1, 0.15) is 0 Å². The van der Waals surface area contributed by atoms with Crippen molar-refractivity contribution in [3.8, 4) is 0 Å². The second-order valence-electron chi connectivity index (χ2n) is 8.73. The van der Waals surface area contributed by atoms with Gasteiger partial charge >= 0.3 is 0 Å². The van der Waals surface area contributed by atoms with E-state index in [2.05, 4.69) is 31.5 Å². The van der Waals surface area contributed by atoms with Crippen LogP contribution >= 0.6 is 35.6 Å². The van der Waals surface area contributed by atoms with E-state index < -0.39 is 0 Å². The lowest BCUT2D eigenvalue weighted by Crippen LogP contribution is -2.48. The monoisotopic (exact) mass is 576 g/mol. The minimum Gasteiger partial charge on any atom is -0.369 e. The molecule has 2 saturated heterocycles. The van der Waals surface area contributed by atoms with Gasteiger partial charge in [0.25, 0.3) is 0 Å². The van der Waals surface area contributed by atoms with E-state index in [0.717, 1.165) is 76.2 Å². The molecule has 1 aromatic carbocycles. The summed E-state index contributed by atoms with van der Waals surface area (Å²) < 4.78 is 0. The van der Waals surface area contributed by atoms with Crippen LogP contribution in [0.3, 0.4) is 0 Å². The lowest BCUT2D eigenvalue weighted by atomic mass is 10.2. The molecule has 9 heteroatoms. The number of hydrogen-bond acceptors (Lipinski definition) is 4. The summed E-state index contributed by atoms with van der Waals surface area (Å²) in [6.07, 6.45) is 2.04. The Bertz CT molecular complexity index is 754. The van der Waals surface area contributed by atoms with Crippen LogP contribution in [0.4, 0.5) is 5.69 Å². The Morgan fingerprint density at radius 2 is 1.97 bits per heavy atom. The van der Waals surface area contributed by atoms with Gasteiger partial charge in [-0.05, 0) is 37.6 Å². The van der Waals surface area contributed by atoms with E-state index >= 15 is 0 Å². The second kappa shape index (κ2) is 13.4. The van der Waals surface area contributed by atoms with E-state index in [4.69, 9.17) is 11.6 Å². The third kappa shape index (κ3) is 7.95. The maximum Gasteiger partial charge on any atom is 0.225 e. The van der Waals surface area contributed by atoms with Crippen LogP contribution in [0.1, 0.15) is 26.7 Å². The zero-order valence-electron chi connectivity index (χ0n) is 19.5. The molecule has 2 aliphatic heterocycles. The molecular formula is C23H38ClIN6O. The molecule has 0 radical (unpaired) electrons. The van der Waals surface area contributed by atoms with Crippen LogP contribution in [0, 0.1) is 5.92 Å². The first-order valence-electron chi connectivity index (χ1n) is 11.4. The fourth-order valence-electron chi connectivity index (χ4n) is 4.24. The summed E-state index contributed by atoms with van der Waals surface area (Å²) in [7, 11) is 1.80. The summed E-state index contributed by atoms with van der Waals surface area (Å²) in [6.45, 7) is 11.7. The van der Waals surface area contributed by atoms with Gasteiger partial charge in [0, 0.05) is 75.5 Å². The van der Waals surface area contributed by atoms with Gasteiger partial charge in [-0.3, -0.25) is 14.7 Å². The molecule has 0 bridgehead atoms. The average Bonchev–Trinajstić information content (AvgIpc) is 3.24. The molecule has 0 saturated carbocycles. The second-order valence-corrected chi connectivity index (χ2v) is 9.17. The first-order valence-corrected chi connectivity index (χ1v) is 11.8. The summed E-state index contributed by atoms with van der Waals surface area (Å²) in [5.41, 5.74) is 1.21. The van der Waals surface area contributed by atoms with E-state index in [1.54, 1.807) is 7.05 Å². The Morgan fingerprint density at radius 3 is 2.62 bits per heavy atom. The third-order valence-electron chi connectivity index (χ3n) is 6.05. The van der Waals surface area contributed by atoms with E-state index in [-0.39, 0.29) is 41.8 Å². The number of halogens is 2. The molecule has 2 N–H and O–H groups in total. The standard InChI is InChI=1S/C23H37ClN6O.HI/c1-18(2)22(31)30-11-8-20(17-30)27-23(25-3)26-9-5-10-28-12-14-29(15-13-28)21-7-4-6-19(24)16-21;/h4,6-7,16,18,20H,5,8-15,17H2,1-3H3,(H2,25,26,27);1H. The fraction of sp³-hybridized carbons (Fsp3) is 0.652. The number of anilines is 1. The van der Waals surface area contributed by atoms with Crippen molar-refractivity contribution in [2.75, 3.05) is 64.3 Å². The molecule has 7 nitrogen and oxygen atoms in total. The Kier molecular flexibility index (Phi) is 11.3. The van der Waals surface area contributed by atoms with Gasteiger partial charge in [0.2, 0.25) is 5.91 Å². The zero-order chi connectivity index (χ0) is 22.2. The highest BCUT2D eigenvalue weighted by molar-refractivity contribution is 14.0. The predicted molar refractivity (Wildman–Crippen MR) is 144 cm³/mol. The van der Waals surface area contributed by atoms with Gasteiger partial charge in [0.15, 0.2) is 5.96 Å². The molecule has 0 spiro atoms. The molecule has 1 atom stereocenters. The summed E-state index contributed by atoms with van der Waals surface area (Å²) in [5, 5.41) is 7.69. The van der Waals surface area contributed by atoms with Crippen molar-refractivity contribution in [2.24, 2.45) is 10.9 Å². The van der Waals surface area contributed by atoms with Gasteiger partial charge in [-0.1, -0.05) is 31.5 Å². The van der Waals surface area contributed by atoms with Crippen molar-refractivity contribution in [3.05, 3.63) is 29.3 Å². The third-order valence-corrected chi connectivity index (χ3v) is 6.28. The number of amides is 1. The Morgan fingerprint density at radius 1 is 1.22 bits per heavy atom. The highest BCUT2D eigenvalue weighted by atomic mass is 127. The van der Waals surface area contributed by atoms with Crippen molar-refractivity contribution in [1.82, 2.24) is 20.4 Å². The number of carbonyl (C=O) groups is 1. The molecule has 1 amide bonds. The average molecular weight is 577 g/mol. The molecule has 1 unspecified atom stereocenters. The number of nitrogens with one attached hydrogen (secondary N) is 2. The van der Waals surface area contributed by atoms with Gasteiger partial charge in [-0.2, -0.15) is 0 Å². The molecular weight excluding hydrogens is 539 g/mol. The highest BCUT2D eigenvalue weighted by Crippen LogP contribution is 2.20. The Labute approximate surface area is 215 Å². The van der Waals surface area contributed by atoms with Crippen LogP contribution in [0.2, 0.25) is 5.02 Å². The fourth-order valence-corrected chi connectivity index (χ4v) is 4.43. The Balaban J connectivity index is 0.00000363. The van der Waals surface area contributed by atoms with Crippen molar-refractivity contribution < 1.29 is 4.79 Å². The van der Waals surface area contributed by atoms with Crippen LogP contribution in [0.15, 0.2) is 29.3 Å². The number of nitrogens with zero attached hydrogens (tertiary/aromatic N) is 4. The lowest BCUT2D eigenvalue weighted by Gasteiger charge is -2.36. The van der Waals surface area contributed by atoms with Gasteiger partial charge in [-0.25, -0.2) is 0 Å². The summed E-state index contributed by atoms with van der Waals surface area (Å²) >= 11 is 6.13. The van der Waals surface area contributed by atoms with Crippen LogP contribution in [-0.2, 0) is 4.79 Å². The van der Waals surface area contributed by atoms with Gasteiger partial charge < -0.3 is 20.4 Å². The van der Waals surface area contributed by atoms with Crippen molar-refractivity contribution in [2.45, 2.75) is 32.7 Å². The number of benzene rings is 1. The summed E-state index contributed by atoms with van der Waals surface area (Å²) in [5.74, 6) is 1.13. The number of aliphatic imine (C=N–C) groups is 1. The highest BCUT2D eigenvalue weighted by Gasteiger charge is 2.28. The van der Waals surface area contributed by atoms with Gasteiger partial charge in [0.05, 0.1) is 0 Å². The molecule has 1 aromatic rings. The van der Waals surface area contributed by atoms with Crippen LogP contribution < -0.4 is 15.5 Å². The molecule has 0 aromatic heterocycles. The van der Waals surface area contributed by atoms with Crippen LogP contribution in [0.5, 0.6) is 0 Å². The maximum atomic E-state index is 12.2. The molecule has 3 rings (SSSR count). The van der Waals surface area contributed by atoms with E-state index in [1.165, 1.54) is 5.69 Å². The van der Waals surface area contributed by atoms with Crippen LogP contribution in [0.25, 0.3) is 0 Å². The van der Waals surface area contributed by atoms with E-state index in [0.29, 0.717) is 0 Å². The smallest absolute Gasteiger partial charge is 0.225 e. The lowest BCUT2D eigenvalue weighted by molar-refractivity contribution is -0.133. The minimum atomic E-state index is 0. The first kappa shape index (κ1) is 27.0. The maximum absolute atomic E-state index is 12.2. The topological polar surface area (TPSA) is 63.2 Å². The molecule has 32 heavy (non-hydrogen) atoms. The summed E-state index contributed by atoms with van der Waals surface area (Å²) in [6, 6.07) is 8.38.